The van der Waals surface area contributed by atoms with E-state index >= 15 is 0 Å². The number of carbonyl (C=O) groups excluding carboxylic acids is 2. The summed E-state index contributed by atoms with van der Waals surface area (Å²) in [5.74, 6) is -1.72. The molecule has 34 heavy (non-hydrogen) atoms. The van der Waals surface area contributed by atoms with Crippen molar-refractivity contribution in [3.05, 3.63) is 46.5 Å². The maximum absolute atomic E-state index is 13.6. The van der Waals surface area contributed by atoms with Gasteiger partial charge in [0, 0.05) is 30.5 Å². The summed E-state index contributed by atoms with van der Waals surface area (Å²) < 4.78 is 0. The number of carbonyl (C=O) groups is 2. The second-order valence-corrected chi connectivity index (χ2v) is 9.15. The fraction of sp³-hybridized carbons (Fsp3) is 0.440. The summed E-state index contributed by atoms with van der Waals surface area (Å²) in [6.07, 6.45) is 1.87. The summed E-state index contributed by atoms with van der Waals surface area (Å²) in [6, 6.07) is 6.09. The molecule has 2 unspecified atom stereocenters. The Morgan fingerprint density at radius 2 is 1.59 bits per heavy atom. The van der Waals surface area contributed by atoms with Crippen LogP contribution < -0.4 is 10.6 Å². The highest BCUT2D eigenvalue weighted by Crippen LogP contribution is 2.42. The highest BCUT2D eigenvalue weighted by atomic mass is 16.3. The van der Waals surface area contributed by atoms with Gasteiger partial charge >= 0.3 is 0 Å². The molecule has 9 nitrogen and oxygen atoms in total. The molecule has 2 aromatic carbocycles. The number of anilines is 2. The lowest BCUT2D eigenvalue weighted by atomic mass is 9.81. The number of aliphatic hydroxyl groups is 1. The van der Waals surface area contributed by atoms with Crippen molar-refractivity contribution in [2.45, 2.75) is 32.0 Å². The fourth-order valence-corrected chi connectivity index (χ4v) is 4.72. The van der Waals surface area contributed by atoms with E-state index in [1.165, 1.54) is 12.1 Å². The minimum atomic E-state index is -0.519. The highest BCUT2D eigenvalue weighted by Gasteiger charge is 2.38. The first-order valence-corrected chi connectivity index (χ1v) is 11.6. The zero-order chi connectivity index (χ0) is 24.6. The molecule has 9 heteroatoms. The van der Waals surface area contributed by atoms with Crippen LogP contribution in [0.15, 0.2) is 24.3 Å². The third kappa shape index (κ3) is 4.22. The lowest BCUT2D eigenvalue weighted by molar-refractivity contribution is 0.0975. The summed E-state index contributed by atoms with van der Waals surface area (Å²) in [6.45, 7) is 4.16. The first-order valence-electron chi connectivity index (χ1n) is 11.6. The van der Waals surface area contributed by atoms with Gasteiger partial charge in [-0.05, 0) is 64.7 Å². The van der Waals surface area contributed by atoms with Crippen molar-refractivity contribution in [3.63, 3.8) is 0 Å². The lowest BCUT2D eigenvalue weighted by Crippen LogP contribution is -2.36. The number of fused-ring (bicyclic) bond motifs is 2. The Balaban J connectivity index is 1.73. The summed E-state index contributed by atoms with van der Waals surface area (Å²) in [5.41, 5.74) is 0.954. The van der Waals surface area contributed by atoms with E-state index in [1.54, 1.807) is 12.1 Å². The topological polar surface area (TPSA) is 125 Å². The van der Waals surface area contributed by atoms with Gasteiger partial charge in [-0.3, -0.25) is 19.4 Å². The van der Waals surface area contributed by atoms with Gasteiger partial charge in [-0.2, -0.15) is 0 Å². The number of likely N-dealkylation sites (tertiary alicyclic amines) is 1. The predicted octanol–water partition coefficient (Wildman–Crippen LogP) is 2.06. The molecule has 4 rings (SSSR count). The van der Waals surface area contributed by atoms with Crippen LogP contribution in [0.4, 0.5) is 11.4 Å². The van der Waals surface area contributed by atoms with Gasteiger partial charge in [0.05, 0.1) is 35.0 Å². The molecule has 1 saturated heterocycles. The largest absolute Gasteiger partial charge is 0.507 e. The molecule has 0 spiro atoms. The molecule has 0 bridgehead atoms. The zero-order valence-corrected chi connectivity index (χ0v) is 19.8. The van der Waals surface area contributed by atoms with Crippen molar-refractivity contribution < 1.29 is 24.9 Å². The van der Waals surface area contributed by atoms with Crippen LogP contribution in [-0.2, 0) is 0 Å². The van der Waals surface area contributed by atoms with Gasteiger partial charge in [0.1, 0.15) is 11.5 Å². The monoisotopic (exact) mass is 468 g/mol. The number of phenolic OH excluding ortho intramolecular Hbond substituents is 2. The molecule has 0 saturated carbocycles. The maximum atomic E-state index is 13.6. The van der Waals surface area contributed by atoms with Crippen LogP contribution >= 0.6 is 0 Å². The van der Waals surface area contributed by atoms with Crippen LogP contribution in [0.25, 0.3) is 0 Å². The molecule has 2 aliphatic rings. The summed E-state index contributed by atoms with van der Waals surface area (Å²) in [4.78, 5) is 31.3. The van der Waals surface area contributed by atoms with E-state index in [-0.39, 0.29) is 52.6 Å². The highest BCUT2D eigenvalue weighted by molar-refractivity contribution is 6.33. The van der Waals surface area contributed by atoms with Crippen LogP contribution in [0, 0.1) is 0 Å². The second kappa shape index (κ2) is 9.61. The van der Waals surface area contributed by atoms with Crippen LogP contribution in [0.5, 0.6) is 11.5 Å². The smallest absolute Gasteiger partial charge is 0.200 e. The SMILES string of the molecule is CC(Nc1ccc(NCCN2CCCC2CO)c2c1C(=O)c1c(O)ccc(O)c1C2=O)N(C)C. The molecular weight excluding hydrogens is 436 g/mol. The number of nitrogens with one attached hydrogen (secondary N) is 2. The van der Waals surface area contributed by atoms with Gasteiger partial charge < -0.3 is 26.0 Å². The van der Waals surface area contributed by atoms with Crippen molar-refractivity contribution in [1.29, 1.82) is 0 Å². The summed E-state index contributed by atoms with van der Waals surface area (Å²) in [7, 11) is 3.79. The lowest BCUT2D eigenvalue weighted by Gasteiger charge is -2.28. The Kier molecular flexibility index (Phi) is 6.79. The third-order valence-electron chi connectivity index (χ3n) is 6.84. The predicted molar refractivity (Wildman–Crippen MR) is 130 cm³/mol. The molecule has 182 valence electrons. The van der Waals surface area contributed by atoms with E-state index in [0.29, 0.717) is 24.5 Å². The Hall–Kier alpha value is -3.14. The van der Waals surface area contributed by atoms with E-state index in [1.807, 2.05) is 25.9 Å². The van der Waals surface area contributed by atoms with E-state index in [2.05, 4.69) is 15.5 Å². The van der Waals surface area contributed by atoms with Gasteiger partial charge in [0.25, 0.3) is 0 Å². The number of phenols is 2. The van der Waals surface area contributed by atoms with E-state index in [9.17, 15) is 24.9 Å². The molecule has 1 fully saturated rings. The van der Waals surface area contributed by atoms with Crippen molar-refractivity contribution in [1.82, 2.24) is 9.80 Å². The molecule has 1 aliphatic carbocycles. The first kappa shape index (κ1) is 24.0. The quantitative estimate of drug-likeness (QED) is 0.249. The number of aromatic hydroxyl groups is 2. The zero-order valence-electron chi connectivity index (χ0n) is 19.8. The van der Waals surface area contributed by atoms with Crippen LogP contribution in [-0.4, -0.2) is 89.2 Å². The minimum absolute atomic E-state index is 0.117. The Bertz CT molecular complexity index is 1120. The van der Waals surface area contributed by atoms with Crippen molar-refractivity contribution >= 4 is 22.9 Å². The Labute approximate surface area is 199 Å². The van der Waals surface area contributed by atoms with Crippen LogP contribution in [0.3, 0.4) is 0 Å². The number of benzene rings is 2. The van der Waals surface area contributed by atoms with Crippen molar-refractivity contribution in [2.75, 3.05) is 51.0 Å². The molecule has 0 radical (unpaired) electrons. The van der Waals surface area contributed by atoms with Crippen LogP contribution in [0.2, 0.25) is 0 Å². The minimum Gasteiger partial charge on any atom is -0.507 e. The maximum Gasteiger partial charge on any atom is 0.200 e. The standard InChI is InChI=1S/C25H32N4O5/c1-14(28(2)3)27-17-7-6-16(26-10-12-29-11-4-5-15(29)13-30)20-21(17)25(34)23-19(32)9-8-18(31)22(23)24(20)33/h6-9,14-15,26-27,30-32H,4-5,10-13H2,1-3H3. The first-order chi connectivity index (χ1) is 16.2. The fourth-order valence-electron chi connectivity index (χ4n) is 4.72. The van der Waals surface area contributed by atoms with Crippen molar-refractivity contribution in [3.8, 4) is 11.5 Å². The molecular formula is C25H32N4O5. The van der Waals surface area contributed by atoms with Gasteiger partial charge in [-0.15, -0.1) is 0 Å². The number of hydrogen-bond donors (Lipinski definition) is 5. The van der Waals surface area contributed by atoms with Gasteiger partial charge in [0.2, 0.25) is 11.6 Å². The second-order valence-electron chi connectivity index (χ2n) is 9.15. The number of rotatable bonds is 8. The molecule has 0 aromatic heterocycles. The molecule has 0 amide bonds. The Morgan fingerprint density at radius 1 is 1.00 bits per heavy atom. The molecule has 1 heterocycles. The molecule has 5 N–H and O–H groups in total. The van der Waals surface area contributed by atoms with Gasteiger partial charge in [-0.25, -0.2) is 0 Å². The van der Waals surface area contributed by atoms with E-state index in [0.717, 1.165) is 19.4 Å². The van der Waals surface area contributed by atoms with Crippen molar-refractivity contribution in [2.24, 2.45) is 0 Å². The normalized spacial score (nSPS) is 18.7. The molecule has 2 aromatic rings. The number of hydrogen-bond acceptors (Lipinski definition) is 9. The van der Waals surface area contributed by atoms with E-state index < -0.39 is 11.6 Å². The van der Waals surface area contributed by atoms with Crippen LogP contribution in [0.1, 0.15) is 51.6 Å². The number of ketones is 2. The number of aliphatic hydroxyl groups excluding tert-OH is 1. The summed E-state index contributed by atoms with van der Waals surface area (Å²) in [5, 5.41) is 36.9. The molecule has 2 atom stereocenters. The average molecular weight is 469 g/mol. The van der Waals surface area contributed by atoms with Gasteiger partial charge in [0.15, 0.2) is 0 Å². The number of nitrogens with zero attached hydrogens (tertiary/aromatic N) is 2. The third-order valence-corrected chi connectivity index (χ3v) is 6.84. The van der Waals surface area contributed by atoms with Gasteiger partial charge in [-0.1, -0.05) is 0 Å². The van der Waals surface area contributed by atoms with E-state index in [4.69, 9.17) is 0 Å². The Morgan fingerprint density at radius 3 is 2.18 bits per heavy atom. The average Bonchev–Trinajstić information content (AvgIpc) is 3.26. The summed E-state index contributed by atoms with van der Waals surface area (Å²) >= 11 is 0. The molecule has 1 aliphatic heterocycles.